The SMILES string of the molecule is Cc1cc(Cl)ccc1C1c2c(nc(-c3ccccc3O)n2C(C)C)C(=O)N1c1cc(Cl)c(=O)n(CCO)c1. The van der Waals surface area contributed by atoms with E-state index in [2.05, 4.69) is 0 Å². The van der Waals surface area contributed by atoms with E-state index in [-0.39, 0.29) is 41.6 Å². The van der Waals surface area contributed by atoms with E-state index in [1.165, 1.54) is 16.8 Å². The van der Waals surface area contributed by atoms with Crippen LogP contribution in [-0.4, -0.2) is 36.8 Å². The molecular weight excluding hydrogens is 527 g/mol. The predicted octanol–water partition coefficient (Wildman–Crippen LogP) is 5.36. The zero-order chi connectivity index (χ0) is 27.3. The Kier molecular flexibility index (Phi) is 6.81. The van der Waals surface area contributed by atoms with Crippen molar-refractivity contribution < 1.29 is 15.0 Å². The molecule has 0 spiro atoms. The number of aromatic hydroxyl groups is 1. The fraction of sp³-hybridized carbons (Fsp3) is 0.250. The first-order valence-electron chi connectivity index (χ1n) is 12.1. The van der Waals surface area contributed by atoms with Crippen molar-refractivity contribution in [3.63, 3.8) is 0 Å². The first kappa shape index (κ1) is 26.0. The topological polar surface area (TPSA) is 101 Å². The van der Waals surface area contributed by atoms with Crippen LogP contribution in [0.1, 0.15) is 53.2 Å². The molecule has 1 amide bonds. The van der Waals surface area contributed by atoms with E-state index in [0.717, 1.165) is 11.1 Å². The summed E-state index contributed by atoms with van der Waals surface area (Å²) in [5.41, 5.74) is 3.04. The van der Waals surface area contributed by atoms with Gasteiger partial charge in [-0.2, -0.15) is 0 Å². The number of hydrogen-bond donors (Lipinski definition) is 2. The molecule has 10 heteroatoms. The van der Waals surface area contributed by atoms with Crippen molar-refractivity contribution in [1.29, 1.82) is 0 Å². The highest BCUT2D eigenvalue weighted by molar-refractivity contribution is 6.31. The number of halogens is 2. The fourth-order valence-electron chi connectivity index (χ4n) is 5.08. The lowest BCUT2D eigenvalue weighted by molar-refractivity contribution is 0.0989. The Balaban J connectivity index is 1.81. The third-order valence-corrected chi connectivity index (χ3v) is 7.23. The third-order valence-electron chi connectivity index (χ3n) is 6.72. The molecule has 2 N–H and O–H groups in total. The van der Waals surface area contributed by atoms with Crippen LogP contribution in [0.3, 0.4) is 0 Å². The molecule has 0 radical (unpaired) electrons. The molecule has 0 saturated carbocycles. The van der Waals surface area contributed by atoms with E-state index >= 15 is 0 Å². The lowest BCUT2D eigenvalue weighted by Gasteiger charge is -2.30. The van der Waals surface area contributed by atoms with Gasteiger partial charge in [-0.1, -0.05) is 41.4 Å². The molecule has 1 aliphatic heterocycles. The summed E-state index contributed by atoms with van der Waals surface area (Å²) in [6.45, 7) is 5.66. The van der Waals surface area contributed by atoms with Crippen molar-refractivity contribution in [3.05, 3.63) is 97.6 Å². The molecule has 1 atom stereocenters. The quantitative estimate of drug-likeness (QED) is 0.335. The third kappa shape index (κ3) is 4.18. The number of aliphatic hydroxyl groups excluding tert-OH is 1. The minimum atomic E-state index is -0.625. The van der Waals surface area contributed by atoms with Crippen LogP contribution in [0, 0.1) is 6.92 Å². The molecule has 1 aliphatic rings. The maximum absolute atomic E-state index is 14.1. The Bertz CT molecular complexity index is 1630. The van der Waals surface area contributed by atoms with Crippen molar-refractivity contribution in [1.82, 2.24) is 14.1 Å². The monoisotopic (exact) mass is 552 g/mol. The van der Waals surface area contributed by atoms with E-state index in [0.29, 0.717) is 27.8 Å². The van der Waals surface area contributed by atoms with Crippen LogP contribution >= 0.6 is 23.2 Å². The van der Waals surface area contributed by atoms with Gasteiger partial charge in [0.05, 0.1) is 23.6 Å². The van der Waals surface area contributed by atoms with Crippen LogP contribution in [-0.2, 0) is 6.54 Å². The molecule has 5 rings (SSSR count). The number of carbonyl (C=O) groups excluding carboxylic acids is 1. The van der Waals surface area contributed by atoms with Crippen LogP contribution < -0.4 is 10.5 Å². The van der Waals surface area contributed by atoms with Crippen LogP contribution in [0.4, 0.5) is 5.69 Å². The molecule has 0 saturated heterocycles. The lowest BCUT2D eigenvalue weighted by atomic mass is 9.98. The van der Waals surface area contributed by atoms with E-state index in [9.17, 15) is 19.8 Å². The van der Waals surface area contributed by atoms with E-state index in [1.807, 2.05) is 37.5 Å². The van der Waals surface area contributed by atoms with Gasteiger partial charge >= 0.3 is 0 Å². The molecule has 196 valence electrons. The minimum Gasteiger partial charge on any atom is -0.507 e. The second-order valence-corrected chi connectivity index (χ2v) is 10.3. The number of phenolic OH excluding ortho intramolecular Hbond substituents is 1. The molecule has 4 aromatic rings. The van der Waals surface area contributed by atoms with Crippen molar-refractivity contribution >= 4 is 34.8 Å². The summed E-state index contributed by atoms with van der Waals surface area (Å²) >= 11 is 12.6. The van der Waals surface area contributed by atoms with Crippen molar-refractivity contribution in [2.45, 2.75) is 39.4 Å². The van der Waals surface area contributed by atoms with Gasteiger partial charge in [0.2, 0.25) is 0 Å². The number of amides is 1. The number of phenols is 1. The number of aromatic nitrogens is 3. The highest BCUT2D eigenvalue weighted by Crippen LogP contribution is 2.46. The minimum absolute atomic E-state index is 0.0277. The van der Waals surface area contributed by atoms with E-state index in [1.54, 1.807) is 35.2 Å². The molecule has 2 aromatic carbocycles. The average molecular weight is 553 g/mol. The number of imidazole rings is 1. The highest BCUT2D eigenvalue weighted by Gasteiger charge is 2.45. The van der Waals surface area contributed by atoms with Crippen LogP contribution in [0.2, 0.25) is 10.0 Å². The Morgan fingerprint density at radius 2 is 1.82 bits per heavy atom. The predicted molar refractivity (Wildman–Crippen MR) is 147 cm³/mol. The van der Waals surface area contributed by atoms with Gasteiger partial charge in [-0.15, -0.1) is 0 Å². The Morgan fingerprint density at radius 1 is 1.08 bits per heavy atom. The highest BCUT2D eigenvalue weighted by atomic mass is 35.5. The van der Waals surface area contributed by atoms with Gasteiger partial charge in [0.15, 0.2) is 5.69 Å². The Morgan fingerprint density at radius 3 is 2.47 bits per heavy atom. The van der Waals surface area contributed by atoms with Gasteiger partial charge in [0.25, 0.3) is 11.5 Å². The standard InChI is InChI=1S/C28H26Cl2N4O4/c1-15(2)33-25-23(31-26(33)20-6-4-5-7-22(20)36)28(38)34(24(25)19-9-8-17(29)12-16(19)3)18-13-21(30)27(37)32(14-18)10-11-35/h4-9,12-15,24,35-36H,10-11H2,1-3H3. The maximum Gasteiger partial charge on any atom is 0.279 e. The van der Waals surface area contributed by atoms with Crippen molar-refractivity contribution in [2.75, 3.05) is 11.5 Å². The molecule has 0 fully saturated rings. The smallest absolute Gasteiger partial charge is 0.279 e. The van der Waals surface area contributed by atoms with Gasteiger partial charge in [-0.25, -0.2) is 4.98 Å². The van der Waals surface area contributed by atoms with E-state index in [4.69, 9.17) is 28.2 Å². The molecule has 0 bridgehead atoms. The zero-order valence-corrected chi connectivity index (χ0v) is 22.5. The number of aliphatic hydroxyl groups is 1. The molecule has 0 aliphatic carbocycles. The number of para-hydroxylation sites is 1. The lowest BCUT2D eigenvalue weighted by Crippen LogP contribution is -2.32. The number of fused-ring (bicyclic) bond motifs is 1. The molecule has 8 nitrogen and oxygen atoms in total. The first-order chi connectivity index (χ1) is 18.1. The number of nitrogens with zero attached hydrogens (tertiary/aromatic N) is 4. The Hall–Kier alpha value is -3.59. The summed E-state index contributed by atoms with van der Waals surface area (Å²) in [6.07, 6.45) is 1.52. The van der Waals surface area contributed by atoms with Gasteiger partial charge in [-0.3, -0.25) is 14.5 Å². The van der Waals surface area contributed by atoms with E-state index < -0.39 is 11.6 Å². The fourth-order valence-corrected chi connectivity index (χ4v) is 5.53. The number of aryl methyl sites for hydroxylation is 1. The molecular formula is C28H26Cl2N4O4. The van der Waals surface area contributed by atoms with Crippen LogP contribution in [0.15, 0.2) is 59.5 Å². The zero-order valence-electron chi connectivity index (χ0n) is 21.0. The maximum atomic E-state index is 14.1. The van der Waals surface area contributed by atoms with Crippen molar-refractivity contribution in [3.8, 4) is 17.1 Å². The largest absolute Gasteiger partial charge is 0.507 e. The second kappa shape index (κ2) is 9.94. The van der Waals surface area contributed by atoms with Crippen LogP contribution in [0.5, 0.6) is 5.75 Å². The second-order valence-electron chi connectivity index (χ2n) is 9.50. The Labute approximate surface area is 229 Å². The number of anilines is 1. The van der Waals surface area contributed by atoms with Crippen LogP contribution in [0.25, 0.3) is 11.4 Å². The summed E-state index contributed by atoms with van der Waals surface area (Å²) in [5.74, 6) is 0.168. The molecule has 38 heavy (non-hydrogen) atoms. The first-order valence-corrected chi connectivity index (χ1v) is 12.9. The summed E-state index contributed by atoms with van der Waals surface area (Å²) in [7, 11) is 0. The summed E-state index contributed by atoms with van der Waals surface area (Å²) in [6, 6.07) is 13.1. The van der Waals surface area contributed by atoms with Gasteiger partial charge in [0, 0.05) is 23.8 Å². The molecule has 3 heterocycles. The van der Waals surface area contributed by atoms with Gasteiger partial charge in [-0.05, 0) is 62.2 Å². The summed E-state index contributed by atoms with van der Waals surface area (Å²) in [5, 5.41) is 20.6. The van der Waals surface area contributed by atoms with Gasteiger partial charge < -0.3 is 19.3 Å². The number of rotatable bonds is 6. The molecule has 1 unspecified atom stereocenters. The van der Waals surface area contributed by atoms with Gasteiger partial charge in [0.1, 0.15) is 22.6 Å². The number of hydrogen-bond acceptors (Lipinski definition) is 5. The number of carbonyl (C=O) groups is 1. The normalized spacial score (nSPS) is 15.0. The summed E-state index contributed by atoms with van der Waals surface area (Å²) < 4.78 is 3.25. The summed E-state index contributed by atoms with van der Waals surface area (Å²) in [4.78, 5) is 33.0. The number of pyridine rings is 1. The number of benzene rings is 2. The molecule has 2 aromatic heterocycles. The average Bonchev–Trinajstić information content (AvgIpc) is 3.38. The van der Waals surface area contributed by atoms with Crippen molar-refractivity contribution in [2.24, 2.45) is 0 Å².